The monoisotopic (exact) mass is 508 g/mol. The van der Waals surface area contributed by atoms with E-state index in [-0.39, 0.29) is 29.3 Å². The van der Waals surface area contributed by atoms with Gasteiger partial charge >= 0.3 is 0 Å². The van der Waals surface area contributed by atoms with Gasteiger partial charge in [0.2, 0.25) is 5.91 Å². The fourth-order valence-electron chi connectivity index (χ4n) is 4.64. The molecule has 10 heteroatoms. The summed E-state index contributed by atoms with van der Waals surface area (Å²) < 4.78 is 41.3. The minimum Gasteiger partial charge on any atom is -0.336 e. The number of hydrogen-bond donors (Lipinski definition) is 2. The molecule has 1 unspecified atom stereocenters. The van der Waals surface area contributed by atoms with Crippen molar-refractivity contribution in [2.45, 2.75) is 12.5 Å². The second kappa shape index (κ2) is 10.1. The van der Waals surface area contributed by atoms with E-state index in [2.05, 4.69) is 10.6 Å². The fourth-order valence-corrected chi connectivity index (χ4v) is 4.64. The normalized spacial score (nSPS) is 17.6. The van der Waals surface area contributed by atoms with Gasteiger partial charge in [-0.25, -0.2) is 13.2 Å². The van der Waals surface area contributed by atoms with Crippen LogP contribution in [0.4, 0.5) is 24.5 Å². The van der Waals surface area contributed by atoms with Gasteiger partial charge in [0, 0.05) is 37.3 Å². The fraction of sp³-hybridized carbons (Fsp3) is 0.222. The molecular formula is C27H23F3N4O3. The lowest BCUT2D eigenvalue weighted by Gasteiger charge is -2.31. The number of halogens is 3. The molecule has 0 radical (unpaired) electrons. The van der Waals surface area contributed by atoms with Crippen LogP contribution in [0, 0.1) is 17.5 Å². The zero-order chi connectivity index (χ0) is 26.1. The highest BCUT2D eigenvalue weighted by Gasteiger charge is 2.35. The number of carbonyl (C=O) groups excluding carboxylic acids is 3. The summed E-state index contributed by atoms with van der Waals surface area (Å²) >= 11 is 0. The molecule has 0 saturated carbocycles. The average molecular weight is 509 g/mol. The maximum atomic E-state index is 14.0. The van der Waals surface area contributed by atoms with Gasteiger partial charge in [0.25, 0.3) is 11.8 Å². The van der Waals surface area contributed by atoms with Gasteiger partial charge < -0.3 is 15.5 Å². The Morgan fingerprint density at radius 3 is 2.19 bits per heavy atom. The minimum absolute atomic E-state index is 0.132. The van der Waals surface area contributed by atoms with Crippen molar-refractivity contribution in [3.8, 4) is 0 Å². The SMILES string of the molecule is O=C1CC(c2ccc(F)cc2)N(C(=O)c2ccc(F)c(F)c2)c2ccc(C(=O)N3CCNCC3)cc2N1. The van der Waals surface area contributed by atoms with Crippen LogP contribution in [0.1, 0.15) is 38.7 Å². The molecular weight excluding hydrogens is 485 g/mol. The molecule has 3 aromatic rings. The summed E-state index contributed by atoms with van der Waals surface area (Å²) in [5.74, 6) is -4.11. The summed E-state index contributed by atoms with van der Waals surface area (Å²) in [7, 11) is 0. The Morgan fingerprint density at radius 2 is 1.49 bits per heavy atom. The van der Waals surface area contributed by atoms with Crippen molar-refractivity contribution in [1.29, 1.82) is 0 Å². The molecule has 2 heterocycles. The molecule has 0 aromatic heterocycles. The summed E-state index contributed by atoms with van der Waals surface area (Å²) in [4.78, 5) is 42.8. The zero-order valence-electron chi connectivity index (χ0n) is 19.6. The van der Waals surface area contributed by atoms with Crippen LogP contribution in [0.3, 0.4) is 0 Å². The Morgan fingerprint density at radius 1 is 0.811 bits per heavy atom. The van der Waals surface area contributed by atoms with Crippen molar-refractivity contribution in [2.75, 3.05) is 36.4 Å². The number of carbonyl (C=O) groups is 3. The summed E-state index contributed by atoms with van der Waals surface area (Å²) in [6.07, 6.45) is -0.184. The van der Waals surface area contributed by atoms with Crippen molar-refractivity contribution in [3.63, 3.8) is 0 Å². The van der Waals surface area contributed by atoms with E-state index in [1.165, 1.54) is 35.2 Å². The van der Waals surface area contributed by atoms with E-state index in [0.717, 1.165) is 18.2 Å². The third-order valence-electron chi connectivity index (χ3n) is 6.51. The van der Waals surface area contributed by atoms with Gasteiger partial charge in [0.1, 0.15) is 5.82 Å². The highest BCUT2D eigenvalue weighted by atomic mass is 19.2. The first-order valence-electron chi connectivity index (χ1n) is 11.8. The number of nitrogens with zero attached hydrogens (tertiary/aromatic N) is 2. The summed E-state index contributed by atoms with van der Waals surface area (Å²) in [6.45, 7) is 2.41. The minimum atomic E-state index is -1.19. The van der Waals surface area contributed by atoms with E-state index in [1.54, 1.807) is 17.0 Å². The van der Waals surface area contributed by atoms with E-state index < -0.39 is 35.3 Å². The lowest BCUT2D eigenvalue weighted by molar-refractivity contribution is -0.116. The van der Waals surface area contributed by atoms with Crippen LogP contribution >= 0.6 is 0 Å². The average Bonchev–Trinajstić information content (AvgIpc) is 3.05. The van der Waals surface area contributed by atoms with Gasteiger partial charge in [-0.15, -0.1) is 0 Å². The number of anilines is 2. The van der Waals surface area contributed by atoms with Gasteiger partial charge in [0.05, 0.1) is 23.8 Å². The predicted molar refractivity (Wildman–Crippen MR) is 131 cm³/mol. The molecule has 2 aliphatic rings. The summed E-state index contributed by atoms with van der Waals surface area (Å²) in [6, 6.07) is 11.9. The summed E-state index contributed by atoms with van der Waals surface area (Å²) in [5.41, 5.74) is 1.17. The number of piperazine rings is 1. The molecule has 37 heavy (non-hydrogen) atoms. The molecule has 2 N–H and O–H groups in total. The largest absolute Gasteiger partial charge is 0.336 e. The summed E-state index contributed by atoms with van der Waals surface area (Å²) in [5, 5.41) is 5.95. The van der Waals surface area contributed by atoms with Crippen LogP contribution in [0.15, 0.2) is 60.7 Å². The first-order chi connectivity index (χ1) is 17.8. The van der Waals surface area contributed by atoms with Gasteiger partial charge in [-0.05, 0) is 54.1 Å². The highest BCUT2D eigenvalue weighted by Crippen LogP contribution is 2.40. The molecule has 2 aliphatic heterocycles. The van der Waals surface area contributed by atoms with E-state index in [0.29, 0.717) is 37.3 Å². The third-order valence-corrected chi connectivity index (χ3v) is 6.51. The van der Waals surface area contributed by atoms with Crippen molar-refractivity contribution >= 4 is 29.1 Å². The van der Waals surface area contributed by atoms with Gasteiger partial charge in [-0.3, -0.25) is 19.3 Å². The van der Waals surface area contributed by atoms with E-state index in [9.17, 15) is 27.6 Å². The predicted octanol–water partition coefficient (Wildman–Crippen LogP) is 3.88. The molecule has 190 valence electrons. The van der Waals surface area contributed by atoms with Crippen molar-refractivity contribution < 1.29 is 27.6 Å². The molecule has 1 atom stereocenters. The third kappa shape index (κ3) is 4.92. The van der Waals surface area contributed by atoms with Gasteiger partial charge in [-0.1, -0.05) is 12.1 Å². The zero-order valence-corrected chi connectivity index (χ0v) is 19.6. The molecule has 1 fully saturated rings. The van der Waals surface area contributed by atoms with Crippen LogP contribution in [0.5, 0.6) is 0 Å². The lowest BCUT2D eigenvalue weighted by Crippen LogP contribution is -2.46. The Labute approximate surface area is 210 Å². The van der Waals surface area contributed by atoms with Crippen LogP contribution in [0.2, 0.25) is 0 Å². The topological polar surface area (TPSA) is 81.8 Å². The molecule has 3 aromatic carbocycles. The molecule has 5 rings (SSSR count). The van der Waals surface area contributed by atoms with E-state index >= 15 is 0 Å². The highest BCUT2D eigenvalue weighted by molar-refractivity contribution is 6.12. The number of fused-ring (bicyclic) bond motifs is 1. The molecule has 7 nitrogen and oxygen atoms in total. The first-order valence-corrected chi connectivity index (χ1v) is 11.8. The molecule has 0 bridgehead atoms. The maximum absolute atomic E-state index is 14.0. The van der Waals surface area contributed by atoms with Crippen molar-refractivity contribution in [3.05, 3.63) is 94.8 Å². The van der Waals surface area contributed by atoms with Crippen LogP contribution in [-0.4, -0.2) is 48.8 Å². The van der Waals surface area contributed by atoms with E-state index in [4.69, 9.17) is 0 Å². The second-order valence-electron chi connectivity index (χ2n) is 8.90. The lowest BCUT2D eigenvalue weighted by atomic mass is 9.99. The second-order valence-corrected chi connectivity index (χ2v) is 8.90. The van der Waals surface area contributed by atoms with Crippen molar-refractivity contribution in [1.82, 2.24) is 10.2 Å². The number of benzene rings is 3. The van der Waals surface area contributed by atoms with Gasteiger partial charge in [-0.2, -0.15) is 0 Å². The van der Waals surface area contributed by atoms with Crippen LogP contribution < -0.4 is 15.5 Å². The van der Waals surface area contributed by atoms with Crippen LogP contribution in [-0.2, 0) is 4.79 Å². The van der Waals surface area contributed by atoms with Crippen LogP contribution in [0.25, 0.3) is 0 Å². The Bertz CT molecular complexity index is 1370. The van der Waals surface area contributed by atoms with Gasteiger partial charge in [0.15, 0.2) is 11.6 Å². The Balaban J connectivity index is 1.61. The molecule has 3 amide bonds. The smallest absolute Gasteiger partial charge is 0.259 e. The maximum Gasteiger partial charge on any atom is 0.259 e. The Hall–Kier alpha value is -4.18. The number of amides is 3. The molecule has 1 saturated heterocycles. The van der Waals surface area contributed by atoms with E-state index in [1.807, 2.05) is 0 Å². The number of nitrogens with one attached hydrogen (secondary N) is 2. The van der Waals surface area contributed by atoms with Crippen molar-refractivity contribution in [2.24, 2.45) is 0 Å². The quantitative estimate of drug-likeness (QED) is 0.563. The molecule has 0 spiro atoms. The number of rotatable bonds is 3. The Kier molecular flexibility index (Phi) is 6.66. The number of hydrogen-bond acceptors (Lipinski definition) is 4. The first kappa shape index (κ1) is 24.5. The standard InChI is InChI=1S/C27H23F3N4O3/c28-19-5-1-16(2-6-19)24-15-25(35)32-22-14-18(26(36)33-11-9-31-10-12-33)4-8-23(22)34(24)27(37)17-3-7-20(29)21(30)13-17/h1-8,13-14,24,31H,9-12,15H2,(H,32,35). The molecule has 0 aliphatic carbocycles.